The molecule has 0 saturated heterocycles. The maximum Gasteiger partial charge on any atom is 0.340 e. The van der Waals surface area contributed by atoms with E-state index < -0.39 is 36.4 Å². The predicted molar refractivity (Wildman–Crippen MR) is 108 cm³/mol. The molecule has 2 aromatic rings. The largest absolute Gasteiger partial charge is 0.460 e. The van der Waals surface area contributed by atoms with Gasteiger partial charge in [0.05, 0.1) is 0 Å². The molecule has 2 aromatic carbocycles. The van der Waals surface area contributed by atoms with E-state index in [-0.39, 0.29) is 0 Å². The first-order chi connectivity index (χ1) is 14.0. The lowest BCUT2D eigenvalue weighted by molar-refractivity contribution is -0.166. The number of rotatable bonds is 10. The molecule has 0 amide bonds. The van der Waals surface area contributed by atoms with Crippen molar-refractivity contribution in [1.29, 1.82) is 0 Å². The number of carbonyl (C=O) groups is 2. The maximum atomic E-state index is 12.5. The van der Waals surface area contributed by atoms with Gasteiger partial charge < -0.3 is 18.9 Å². The van der Waals surface area contributed by atoms with E-state index in [9.17, 15) is 9.59 Å². The molecule has 0 aliphatic rings. The molecule has 0 aliphatic heterocycles. The average molecular weight is 400 g/mol. The van der Waals surface area contributed by atoms with E-state index in [1.54, 1.807) is 38.1 Å². The Morgan fingerprint density at radius 3 is 1.34 bits per heavy atom. The third kappa shape index (κ3) is 6.69. The molecule has 6 nitrogen and oxygen atoms in total. The number of carbonyl (C=O) groups excluding carboxylic acids is 2. The number of hydrogen-bond donors (Lipinski definition) is 0. The molecule has 2 rings (SSSR count). The van der Waals surface area contributed by atoms with Crippen molar-refractivity contribution >= 4 is 11.9 Å². The summed E-state index contributed by atoms with van der Waals surface area (Å²) in [4.78, 5) is 24.9. The fraction of sp³-hybridized carbons (Fsp3) is 0.391. The molecule has 0 heterocycles. The predicted octanol–water partition coefficient (Wildman–Crippen LogP) is 4.02. The molecule has 0 fully saturated rings. The Kier molecular flexibility index (Phi) is 8.83. The minimum atomic E-state index is -0.799. The van der Waals surface area contributed by atoms with Crippen molar-refractivity contribution in [2.75, 3.05) is 14.2 Å². The van der Waals surface area contributed by atoms with Crippen LogP contribution in [0, 0.1) is 0 Å². The van der Waals surface area contributed by atoms with Gasteiger partial charge in [0, 0.05) is 20.6 Å². The molecule has 0 spiro atoms. The summed E-state index contributed by atoms with van der Waals surface area (Å²) < 4.78 is 21.6. The number of hydrogen-bond acceptors (Lipinski definition) is 6. The molecule has 0 unspecified atom stereocenters. The average Bonchev–Trinajstić information content (AvgIpc) is 2.70. The van der Waals surface area contributed by atoms with Gasteiger partial charge in [-0.05, 0) is 25.0 Å². The summed E-state index contributed by atoms with van der Waals surface area (Å²) in [7, 11) is 2.92. The lowest BCUT2D eigenvalue weighted by Crippen LogP contribution is -2.28. The highest BCUT2D eigenvalue weighted by Crippen LogP contribution is 2.22. The van der Waals surface area contributed by atoms with E-state index >= 15 is 0 Å². The summed E-state index contributed by atoms with van der Waals surface area (Å²) in [5.41, 5.74) is 1.44. The fourth-order valence-corrected chi connectivity index (χ4v) is 3.08. The van der Waals surface area contributed by atoms with Crippen LogP contribution in [0.3, 0.4) is 0 Å². The van der Waals surface area contributed by atoms with Crippen molar-refractivity contribution in [3.63, 3.8) is 0 Å². The number of esters is 2. The van der Waals surface area contributed by atoms with E-state index in [0.717, 1.165) is 11.1 Å². The number of ether oxygens (including phenoxy) is 4. The van der Waals surface area contributed by atoms with Crippen LogP contribution in [0.5, 0.6) is 0 Å². The van der Waals surface area contributed by atoms with Gasteiger partial charge in [0.25, 0.3) is 0 Å². The van der Waals surface area contributed by atoms with Crippen molar-refractivity contribution in [3.05, 3.63) is 71.8 Å². The van der Waals surface area contributed by atoms with Crippen LogP contribution in [0.4, 0.5) is 0 Å². The molecule has 0 radical (unpaired) electrons. The SMILES string of the molecule is CO[C@@H](C(=O)O[C@H](C)C[C@@H](C)OC(=O)[C@H](OC)c1ccccc1)c1ccccc1. The molecular weight excluding hydrogens is 372 g/mol. The van der Waals surface area contributed by atoms with Crippen molar-refractivity contribution in [3.8, 4) is 0 Å². The van der Waals surface area contributed by atoms with Gasteiger partial charge in [-0.3, -0.25) is 0 Å². The molecule has 0 aromatic heterocycles. The van der Waals surface area contributed by atoms with Crippen LogP contribution in [-0.4, -0.2) is 38.4 Å². The smallest absolute Gasteiger partial charge is 0.340 e. The third-order valence-electron chi connectivity index (χ3n) is 4.40. The standard InChI is InChI=1S/C23H28O6/c1-16(28-22(24)20(26-3)18-11-7-5-8-12-18)15-17(2)29-23(25)21(27-4)19-13-9-6-10-14-19/h5-14,16-17,20-21H,15H2,1-4H3/t16-,17-,20-,21-/m1/s1. The molecule has 29 heavy (non-hydrogen) atoms. The Morgan fingerprint density at radius 1 is 0.690 bits per heavy atom. The highest BCUT2D eigenvalue weighted by Gasteiger charge is 2.27. The minimum Gasteiger partial charge on any atom is -0.460 e. The molecule has 0 bridgehead atoms. The quantitative estimate of drug-likeness (QED) is 0.561. The summed E-state index contributed by atoms with van der Waals surface area (Å²) in [6.45, 7) is 3.51. The second kappa shape index (κ2) is 11.3. The van der Waals surface area contributed by atoms with Crippen molar-refractivity contribution in [2.24, 2.45) is 0 Å². The van der Waals surface area contributed by atoms with Gasteiger partial charge >= 0.3 is 11.9 Å². The zero-order chi connectivity index (χ0) is 21.2. The zero-order valence-electron chi connectivity index (χ0n) is 17.2. The fourth-order valence-electron chi connectivity index (χ4n) is 3.08. The Labute approximate surface area is 171 Å². The van der Waals surface area contributed by atoms with Gasteiger partial charge in [-0.25, -0.2) is 9.59 Å². The van der Waals surface area contributed by atoms with Crippen molar-refractivity contribution in [1.82, 2.24) is 0 Å². The Bertz CT molecular complexity index is 696. The highest BCUT2D eigenvalue weighted by molar-refractivity contribution is 5.77. The first-order valence-corrected chi connectivity index (χ1v) is 9.52. The van der Waals surface area contributed by atoms with Crippen molar-refractivity contribution < 1.29 is 28.5 Å². The van der Waals surface area contributed by atoms with E-state index in [1.165, 1.54) is 14.2 Å². The maximum absolute atomic E-state index is 12.5. The molecule has 0 aliphatic carbocycles. The molecule has 4 atom stereocenters. The lowest BCUT2D eigenvalue weighted by Gasteiger charge is -2.23. The van der Waals surface area contributed by atoms with Gasteiger partial charge in [-0.2, -0.15) is 0 Å². The van der Waals surface area contributed by atoms with E-state index in [4.69, 9.17) is 18.9 Å². The van der Waals surface area contributed by atoms with Gasteiger partial charge in [0.15, 0.2) is 12.2 Å². The summed E-state index contributed by atoms with van der Waals surface area (Å²) in [6, 6.07) is 18.3. The first kappa shape index (κ1) is 22.6. The monoisotopic (exact) mass is 400 g/mol. The van der Waals surface area contributed by atoms with Crippen LogP contribution in [0.2, 0.25) is 0 Å². The molecular formula is C23H28O6. The summed E-state index contributed by atoms with van der Waals surface area (Å²) in [5, 5.41) is 0. The lowest BCUT2D eigenvalue weighted by atomic mass is 10.1. The van der Waals surface area contributed by atoms with Crippen LogP contribution in [0.15, 0.2) is 60.7 Å². The second-order valence-electron chi connectivity index (χ2n) is 6.78. The van der Waals surface area contributed by atoms with Gasteiger partial charge in [0.1, 0.15) is 12.2 Å². The number of benzene rings is 2. The summed E-state index contributed by atoms with van der Waals surface area (Å²) in [5.74, 6) is -0.965. The first-order valence-electron chi connectivity index (χ1n) is 9.52. The summed E-state index contributed by atoms with van der Waals surface area (Å²) in [6.07, 6.45) is -2.15. The van der Waals surface area contributed by atoms with E-state index in [1.807, 2.05) is 36.4 Å². The Morgan fingerprint density at radius 2 is 1.03 bits per heavy atom. The van der Waals surface area contributed by atoms with Crippen LogP contribution < -0.4 is 0 Å². The van der Waals surface area contributed by atoms with Gasteiger partial charge in [-0.15, -0.1) is 0 Å². The zero-order valence-corrected chi connectivity index (χ0v) is 17.2. The van der Waals surface area contributed by atoms with Crippen molar-refractivity contribution in [2.45, 2.75) is 44.7 Å². The molecule has 0 saturated carbocycles. The highest BCUT2D eigenvalue weighted by atomic mass is 16.6. The Balaban J connectivity index is 1.88. The second-order valence-corrected chi connectivity index (χ2v) is 6.78. The third-order valence-corrected chi connectivity index (χ3v) is 4.40. The Hall–Kier alpha value is -2.70. The van der Waals surface area contributed by atoms with E-state index in [0.29, 0.717) is 6.42 Å². The van der Waals surface area contributed by atoms with Crippen LogP contribution in [-0.2, 0) is 28.5 Å². The van der Waals surface area contributed by atoms with Crippen LogP contribution in [0.25, 0.3) is 0 Å². The summed E-state index contributed by atoms with van der Waals surface area (Å²) >= 11 is 0. The normalized spacial score (nSPS) is 15.0. The van der Waals surface area contributed by atoms with Crippen LogP contribution >= 0.6 is 0 Å². The van der Waals surface area contributed by atoms with Gasteiger partial charge in [0.2, 0.25) is 0 Å². The number of methoxy groups -OCH3 is 2. The molecule has 6 heteroatoms. The molecule has 156 valence electrons. The minimum absolute atomic E-state index is 0.355. The van der Waals surface area contributed by atoms with Crippen LogP contribution in [0.1, 0.15) is 43.6 Å². The topological polar surface area (TPSA) is 71.1 Å². The molecule has 0 N–H and O–H groups in total. The van der Waals surface area contributed by atoms with Gasteiger partial charge in [-0.1, -0.05) is 60.7 Å². The van der Waals surface area contributed by atoms with E-state index in [2.05, 4.69) is 0 Å².